The van der Waals surface area contributed by atoms with Gasteiger partial charge < -0.3 is 5.32 Å². The summed E-state index contributed by atoms with van der Waals surface area (Å²) in [4.78, 5) is 12.2. The number of benzene rings is 3. The first kappa shape index (κ1) is 18.7. The summed E-state index contributed by atoms with van der Waals surface area (Å²) in [5.41, 5.74) is 3.14. The van der Waals surface area contributed by atoms with Crippen LogP contribution in [-0.4, -0.2) is 12.5 Å². The topological polar surface area (TPSA) is 41.1 Å². The van der Waals surface area contributed by atoms with Crippen molar-refractivity contribution in [2.75, 3.05) is 11.9 Å². The molecule has 0 aliphatic carbocycles. The molecule has 2 N–H and O–H groups in total. The number of halogens is 2. The number of hydrogen-bond donors (Lipinski definition) is 2. The molecule has 0 heterocycles. The third-order valence-corrected chi connectivity index (χ3v) is 4.22. The third-order valence-electron chi connectivity index (χ3n) is 4.22. The van der Waals surface area contributed by atoms with E-state index in [1.165, 1.54) is 6.07 Å². The molecule has 0 bridgehead atoms. The lowest BCUT2D eigenvalue weighted by Crippen LogP contribution is -2.32. The van der Waals surface area contributed by atoms with Crippen LogP contribution in [0.15, 0.2) is 72.8 Å². The van der Waals surface area contributed by atoms with Gasteiger partial charge >= 0.3 is 0 Å². The van der Waals surface area contributed by atoms with Crippen LogP contribution in [0.4, 0.5) is 14.5 Å². The Bertz CT molecular complexity index is 911. The van der Waals surface area contributed by atoms with Crippen LogP contribution in [0.3, 0.4) is 0 Å². The van der Waals surface area contributed by atoms with Crippen LogP contribution in [0.5, 0.6) is 0 Å². The van der Waals surface area contributed by atoms with Gasteiger partial charge in [0.1, 0.15) is 11.6 Å². The zero-order valence-electron chi connectivity index (χ0n) is 14.9. The Morgan fingerprint density at radius 2 is 1.59 bits per heavy atom. The fourth-order valence-corrected chi connectivity index (χ4v) is 2.81. The summed E-state index contributed by atoms with van der Waals surface area (Å²) in [5.74, 6) is -1.90. The van der Waals surface area contributed by atoms with Gasteiger partial charge in [0.2, 0.25) is 5.91 Å². The van der Waals surface area contributed by atoms with Crippen molar-refractivity contribution in [3.8, 4) is 0 Å². The van der Waals surface area contributed by atoms with Gasteiger partial charge in [-0.25, -0.2) is 8.78 Å². The number of nitrogens with one attached hydrogen (secondary N) is 2. The van der Waals surface area contributed by atoms with Crippen molar-refractivity contribution in [1.82, 2.24) is 5.32 Å². The summed E-state index contributed by atoms with van der Waals surface area (Å²) in [6, 6.07) is 20.7. The van der Waals surface area contributed by atoms with E-state index in [4.69, 9.17) is 0 Å². The van der Waals surface area contributed by atoms with Gasteiger partial charge in [-0.2, -0.15) is 0 Å². The van der Waals surface area contributed by atoms with Crippen molar-refractivity contribution in [1.29, 1.82) is 0 Å². The third kappa shape index (κ3) is 4.99. The van der Waals surface area contributed by atoms with E-state index >= 15 is 0 Å². The monoisotopic (exact) mass is 366 g/mol. The molecule has 5 heteroatoms. The molecule has 0 spiro atoms. The minimum Gasteiger partial charge on any atom is -0.322 e. The summed E-state index contributed by atoms with van der Waals surface area (Å²) in [5, 5.41) is 5.68. The predicted molar refractivity (Wildman–Crippen MR) is 102 cm³/mol. The van der Waals surface area contributed by atoms with E-state index in [1.54, 1.807) is 0 Å². The van der Waals surface area contributed by atoms with Crippen LogP contribution in [0.25, 0.3) is 0 Å². The molecular formula is C22H20F2N2O. The molecule has 0 saturated heterocycles. The van der Waals surface area contributed by atoms with E-state index in [-0.39, 0.29) is 18.3 Å². The maximum absolute atomic E-state index is 13.7. The highest BCUT2D eigenvalue weighted by Gasteiger charge is 2.15. The molecule has 138 valence electrons. The van der Waals surface area contributed by atoms with Gasteiger partial charge in [-0.15, -0.1) is 0 Å². The maximum Gasteiger partial charge on any atom is 0.238 e. The van der Waals surface area contributed by atoms with E-state index in [1.807, 2.05) is 61.5 Å². The second-order valence-electron chi connectivity index (χ2n) is 6.31. The van der Waals surface area contributed by atoms with Crippen molar-refractivity contribution in [2.24, 2.45) is 0 Å². The normalized spacial score (nSPS) is 11.8. The Balaban J connectivity index is 1.72. The zero-order valence-corrected chi connectivity index (χ0v) is 14.9. The molecule has 27 heavy (non-hydrogen) atoms. The minimum atomic E-state index is -0.804. The lowest BCUT2D eigenvalue weighted by atomic mass is 9.98. The molecule has 0 aromatic heterocycles. The standard InChI is InChI=1S/C22H20F2N2O/c1-15-7-9-17(10-8-15)22(16-5-3-2-4-6-16)25-14-21(27)26-20-12-11-18(23)13-19(20)24/h2-13,22,25H,14H2,1H3,(H,26,27)/t22-/m0/s1. The van der Waals surface area contributed by atoms with Gasteiger partial charge in [-0.1, -0.05) is 60.2 Å². The summed E-state index contributed by atoms with van der Waals surface area (Å²) >= 11 is 0. The molecular weight excluding hydrogens is 346 g/mol. The molecule has 3 nitrogen and oxygen atoms in total. The lowest BCUT2D eigenvalue weighted by molar-refractivity contribution is -0.115. The van der Waals surface area contributed by atoms with Crippen molar-refractivity contribution in [3.63, 3.8) is 0 Å². The molecule has 0 unspecified atom stereocenters. The first-order chi connectivity index (χ1) is 13.0. The summed E-state index contributed by atoms with van der Waals surface area (Å²) < 4.78 is 26.7. The second-order valence-corrected chi connectivity index (χ2v) is 6.31. The number of aryl methyl sites for hydroxylation is 1. The zero-order chi connectivity index (χ0) is 19.2. The van der Waals surface area contributed by atoms with Crippen molar-refractivity contribution in [3.05, 3.63) is 101 Å². The van der Waals surface area contributed by atoms with E-state index < -0.39 is 17.5 Å². The Labute approximate surface area is 157 Å². The fourth-order valence-electron chi connectivity index (χ4n) is 2.81. The molecule has 0 saturated carbocycles. The molecule has 3 rings (SSSR count). The van der Waals surface area contributed by atoms with E-state index in [2.05, 4.69) is 10.6 Å². The molecule has 0 aliphatic heterocycles. The molecule has 3 aromatic rings. The van der Waals surface area contributed by atoms with Crippen LogP contribution < -0.4 is 10.6 Å². The van der Waals surface area contributed by atoms with E-state index in [0.717, 1.165) is 28.8 Å². The summed E-state index contributed by atoms with van der Waals surface area (Å²) in [7, 11) is 0. The van der Waals surface area contributed by atoms with Crippen LogP contribution in [0.2, 0.25) is 0 Å². The highest BCUT2D eigenvalue weighted by Crippen LogP contribution is 2.22. The van der Waals surface area contributed by atoms with Gasteiger partial charge in [0.15, 0.2) is 0 Å². The van der Waals surface area contributed by atoms with Crippen molar-refractivity contribution >= 4 is 11.6 Å². The van der Waals surface area contributed by atoms with Crippen molar-refractivity contribution in [2.45, 2.75) is 13.0 Å². The van der Waals surface area contributed by atoms with Crippen LogP contribution in [0.1, 0.15) is 22.7 Å². The number of carbonyl (C=O) groups is 1. The largest absolute Gasteiger partial charge is 0.322 e. The number of carbonyl (C=O) groups excluding carboxylic acids is 1. The van der Waals surface area contributed by atoms with Gasteiger partial charge in [0, 0.05) is 6.07 Å². The lowest BCUT2D eigenvalue weighted by Gasteiger charge is -2.20. The number of amides is 1. The van der Waals surface area contributed by atoms with Gasteiger partial charge in [-0.05, 0) is 30.2 Å². The van der Waals surface area contributed by atoms with Crippen molar-refractivity contribution < 1.29 is 13.6 Å². The molecule has 3 aromatic carbocycles. The molecule has 0 fully saturated rings. The first-order valence-electron chi connectivity index (χ1n) is 8.63. The highest BCUT2D eigenvalue weighted by molar-refractivity contribution is 5.92. The van der Waals surface area contributed by atoms with E-state index in [9.17, 15) is 13.6 Å². The maximum atomic E-state index is 13.7. The van der Waals surface area contributed by atoms with Crippen LogP contribution >= 0.6 is 0 Å². The highest BCUT2D eigenvalue weighted by atomic mass is 19.1. The summed E-state index contributed by atoms with van der Waals surface area (Å²) in [6.45, 7) is 1.99. The predicted octanol–water partition coefficient (Wildman–Crippen LogP) is 4.59. The number of hydrogen-bond acceptors (Lipinski definition) is 2. The van der Waals surface area contributed by atoms with Gasteiger partial charge in [-0.3, -0.25) is 10.1 Å². The van der Waals surface area contributed by atoms with Gasteiger partial charge in [0.05, 0.1) is 18.3 Å². The van der Waals surface area contributed by atoms with Crippen LogP contribution in [-0.2, 0) is 4.79 Å². The van der Waals surface area contributed by atoms with Gasteiger partial charge in [0.25, 0.3) is 0 Å². The fraction of sp³-hybridized carbons (Fsp3) is 0.136. The van der Waals surface area contributed by atoms with E-state index in [0.29, 0.717) is 0 Å². The summed E-state index contributed by atoms with van der Waals surface area (Å²) in [6.07, 6.45) is 0. The second kappa shape index (κ2) is 8.56. The Morgan fingerprint density at radius 1 is 0.926 bits per heavy atom. The molecule has 1 amide bonds. The average Bonchev–Trinajstić information content (AvgIpc) is 2.66. The van der Waals surface area contributed by atoms with Crippen LogP contribution in [0, 0.1) is 18.6 Å². The number of anilines is 1. The number of rotatable bonds is 6. The Morgan fingerprint density at radius 3 is 2.26 bits per heavy atom. The SMILES string of the molecule is Cc1ccc([C@@H](NCC(=O)Nc2ccc(F)cc2F)c2ccccc2)cc1. The molecule has 1 atom stereocenters. The Hall–Kier alpha value is -3.05. The first-order valence-corrected chi connectivity index (χ1v) is 8.63. The quantitative estimate of drug-likeness (QED) is 0.670. The molecule has 0 aliphatic rings. The Kier molecular flexibility index (Phi) is 5.94. The average molecular weight is 366 g/mol. The smallest absolute Gasteiger partial charge is 0.238 e. The molecule has 0 radical (unpaired) electrons. The minimum absolute atomic E-state index is 0.0236.